The Kier molecular flexibility index (Phi) is 5.42. The molecule has 0 saturated carbocycles. The van der Waals surface area contributed by atoms with Gasteiger partial charge < -0.3 is 0 Å². The van der Waals surface area contributed by atoms with Crippen molar-refractivity contribution in [2.75, 3.05) is 0 Å². The molecule has 0 radical (unpaired) electrons. The molecule has 3 aromatic carbocycles. The van der Waals surface area contributed by atoms with Gasteiger partial charge >= 0.3 is 0 Å². The predicted molar refractivity (Wildman–Crippen MR) is 116 cm³/mol. The molecule has 9 heteroatoms. The van der Waals surface area contributed by atoms with E-state index in [2.05, 4.69) is 11.2 Å². The third-order valence-corrected chi connectivity index (χ3v) is 5.16. The van der Waals surface area contributed by atoms with Crippen LogP contribution >= 0.6 is 23.2 Å². The van der Waals surface area contributed by atoms with Crippen LogP contribution in [-0.4, -0.2) is 14.7 Å². The second kappa shape index (κ2) is 8.19. The molecule has 4 aromatic rings. The van der Waals surface area contributed by atoms with Gasteiger partial charge in [0, 0.05) is 28.3 Å². The number of nitrogens with zero attached hydrogens (tertiary/aromatic N) is 4. The average molecular weight is 453 g/mol. The normalized spacial score (nSPS) is 10.6. The van der Waals surface area contributed by atoms with Gasteiger partial charge in [-0.25, -0.2) is 9.07 Å². The minimum atomic E-state index is -0.513. The van der Waals surface area contributed by atoms with E-state index >= 15 is 0 Å². The zero-order valence-electron chi connectivity index (χ0n) is 15.6. The summed E-state index contributed by atoms with van der Waals surface area (Å²) in [5.41, 5.74) is 2.46. The zero-order valence-corrected chi connectivity index (χ0v) is 17.1. The number of rotatable bonds is 4. The monoisotopic (exact) mass is 452 g/mol. The van der Waals surface area contributed by atoms with Crippen LogP contribution < -0.4 is 0 Å². The third-order valence-electron chi connectivity index (χ3n) is 4.62. The van der Waals surface area contributed by atoms with Crippen LogP contribution in [0.2, 0.25) is 10.0 Å². The number of benzene rings is 3. The van der Waals surface area contributed by atoms with Gasteiger partial charge in [-0.05, 0) is 48.0 Å². The van der Waals surface area contributed by atoms with Crippen molar-refractivity contribution >= 4 is 28.9 Å². The van der Waals surface area contributed by atoms with Crippen LogP contribution in [0.3, 0.4) is 0 Å². The van der Waals surface area contributed by atoms with Crippen molar-refractivity contribution in [2.24, 2.45) is 0 Å². The summed E-state index contributed by atoms with van der Waals surface area (Å²) < 4.78 is 14.9. The van der Waals surface area contributed by atoms with Crippen LogP contribution in [0.15, 0.2) is 66.7 Å². The SMILES string of the molecule is N#Cc1c(-c2ccc(F)cc2)c(-c2ccc(Cl)cc2Cl)nn1-c1ccc([N+](=O)[O-])cc1. The Morgan fingerprint density at radius 2 is 1.71 bits per heavy atom. The fraction of sp³-hybridized carbons (Fsp3) is 0. The first kappa shape index (κ1) is 20.5. The number of nitriles is 1. The van der Waals surface area contributed by atoms with Crippen molar-refractivity contribution in [3.8, 4) is 34.1 Å². The highest BCUT2D eigenvalue weighted by molar-refractivity contribution is 6.36. The van der Waals surface area contributed by atoms with Crippen molar-refractivity contribution in [2.45, 2.75) is 0 Å². The predicted octanol–water partition coefficient (Wildman–Crippen LogP) is 6.43. The maximum absolute atomic E-state index is 13.5. The topological polar surface area (TPSA) is 84.8 Å². The first-order chi connectivity index (χ1) is 14.9. The van der Waals surface area contributed by atoms with E-state index in [-0.39, 0.29) is 11.4 Å². The molecule has 31 heavy (non-hydrogen) atoms. The minimum absolute atomic E-state index is 0.0888. The molecule has 1 aromatic heterocycles. The first-order valence-corrected chi connectivity index (χ1v) is 9.64. The van der Waals surface area contributed by atoms with Gasteiger partial charge in [0.1, 0.15) is 17.6 Å². The molecule has 4 rings (SSSR count). The summed E-state index contributed by atoms with van der Waals surface area (Å²) in [6, 6.07) is 18.3. The van der Waals surface area contributed by atoms with E-state index < -0.39 is 10.7 Å². The van der Waals surface area contributed by atoms with Crippen molar-refractivity contribution in [3.63, 3.8) is 0 Å². The summed E-state index contributed by atoms with van der Waals surface area (Å²) >= 11 is 12.4. The zero-order chi connectivity index (χ0) is 22.1. The number of hydrogen-bond acceptors (Lipinski definition) is 4. The molecule has 0 aliphatic rings. The van der Waals surface area contributed by atoms with Gasteiger partial charge in [-0.2, -0.15) is 10.4 Å². The Hall–Kier alpha value is -3.73. The first-order valence-electron chi connectivity index (χ1n) is 8.88. The summed E-state index contributed by atoms with van der Waals surface area (Å²) in [6.45, 7) is 0. The molecule has 0 aliphatic heterocycles. The highest BCUT2D eigenvalue weighted by Gasteiger charge is 2.23. The highest BCUT2D eigenvalue weighted by Crippen LogP contribution is 2.39. The van der Waals surface area contributed by atoms with E-state index in [1.807, 2.05) is 0 Å². The second-order valence-corrected chi connectivity index (χ2v) is 7.34. The summed E-state index contributed by atoms with van der Waals surface area (Å²) in [6.07, 6.45) is 0. The van der Waals surface area contributed by atoms with Crippen molar-refractivity contribution < 1.29 is 9.31 Å². The molecular weight excluding hydrogens is 442 g/mol. The lowest BCUT2D eigenvalue weighted by atomic mass is 9.99. The van der Waals surface area contributed by atoms with Crippen LogP contribution in [0, 0.1) is 27.3 Å². The lowest BCUT2D eigenvalue weighted by Crippen LogP contribution is -2.00. The second-order valence-electron chi connectivity index (χ2n) is 6.50. The quantitative estimate of drug-likeness (QED) is 0.263. The highest BCUT2D eigenvalue weighted by atomic mass is 35.5. The standard InChI is InChI=1S/C22H11Cl2FN4O2/c23-14-3-10-18(19(24)11-14)22-21(13-1-4-15(25)5-2-13)20(12-26)28(27-22)16-6-8-17(9-7-16)29(30)31/h1-11H. The average Bonchev–Trinajstić information content (AvgIpc) is 3.13. The number of nitro groups is 1. The number of halogens is 3. The van der Waals surface area contributed by atoms with Gasteiger partial charge in [0.05, 0.1) is 15.6 Å². The van der Waals surface area contributed by atoms with Gasteiger partial charge in [-0.15, -0.1) is 0 Å². The van der Waals surface area contributed by atoms with E-state index in [0.29, 0.717) is 38.1 Å². The van der Waals surface area contributed by atoms with Crippen LogP contribution in [0.4, 0.5) is 10.1 Å². The molecule has 0 N–H and O–H groups in total. The number of hydrogen-bond donors (Lipinski definition) is 0. The summed E-state index contributed by atoms with van der Waals surface area (Å²) in [5, 5.41) is 26.3. The van der Waals surface area contributed by atoms with Crippen LogP contribution in [0.25, 0.3) is 28.1 Å². The number of aromatic nitrogens is 2. The van der Waals surface area contributed by atoms with Gasteiger partial charge in [0.15, 0.2) is 5.69 Å². The lowest BCUT2D eigenvalue weighted by molar-refractivity contribution is -0.384. The molecule has 0 amide bonds. The molecule has 0 fully saturated rings. The number of nitro benzene ring substituents is 1. The van der Waals surface area contributed by atoms with Gasteiger partial charge in [-0.3, -0.25) is 10.1 Å². The van der Waals surface area contributed by atoms with Gasteiger partial charge in [0.2, 0.25) is 0 Å². The molecule has 1 heterocycles. The summed E-state index contributed by atoms with van der Waals surface area (Å²) in [7, 11) is 0. The van der Waals surface area contributed by atoms with Crippen molar-refractivity contribution in [1.82, 2.24) is 9.78 Å². The van der Waals surface area contributed by atoms with Crippen molar-refractivity contribution in [1.29, 1.82) is 5.26 Å². The summed E-state index contributed by atoms with van der Waals surface area (Å²) in [4.78, 5) is 10.5. The number of non-ortho nitro benzene ring substituents is 1. The molecule has 0 bridgehead atoms. The van der Waals surface area contributed by atoms with Crippen molar-refractivity contribution in [3.05, 3.63) is 98.4 Å². The summed E-state index contributed by atoms with van der Waals surface area (Å²) in [5.74, 6) is -0.420. The molecule has 0 unspecified atom stereocenters. The smallest absolute Gasteiger partial charge is 0.258 e. The molecule has 0 atom stereocenters. The Morgan fingerprint density at radius 3 is 2.29 bits per heavy atom. The largest absolute Gasteiger partial charge is 0.269 e. The Bertz CT molecular complexity index is 1340. The minimum Gasteiger partial charge on any atom is -0.258 e. The van der Waals surface area contributed by atoms with Crippen LogP contribution in [0.5, 0.6) is 0 Å². The molecule has 0 spiro atoms. The van der Waals surface area contributed by atoms with E-state index in [1.165, 1.54) is 41.1 Å². The van der Waals surface area contributed by atoms with Gasteiger partial charge in [0.25, 0.3) is 5.69 Å². The van der Waals surface area contributed by atoms with Crippen LogP contribution in [0.1, 0.15) is 5.69 Å². The molecule has 0 aliphatic carbocycles. The maximum Gasteiger partial charge on any atom is 0.269 e. The Morgan fingerprint density at radius 1 is 1.03 bits per heavy atom. The maximum atomic E-state index is 13.5. The molecule has 6 nitrogen and oxygen atoms in total. The Balaban J connectivity index is 2.00. The van der Waals surface area contributed by atoms with E-state index in [0.717, 1.165) is 0 Å². The van der Waals surface area contributed by atoms with E-state index in [1.54, 1.807) is 30.3 Å². The molecular formula is C22H11Cl2FN4O2. The fourth-order valence-electron chi connectivity index (χ4n) is 3.18. The van der Waals surface area contributed by atoms with E-state index in [4.69, 9.17) is 23.2 Å². The Labute approximate surface area is 185 Å². The van der Waals surface area contributed by atoms with E-state index in [9.17, 15) is 19.8 Å². The third kappa shape index (κ3) is 3.87. The van der Waals surface area contributed by atoms with Crippen LogP contribution in [-0.2, 0) is 0 Å². The molecule has 0 saturated heterocycles. The lowest BCUT2D eigenvalue weighted by Gasteiger charge is -2.06. The van der Waals surface area contributed by atoms with Gasteiger partial charge in [-0.1, -0.05) is 35.3 Å². The fourth-order valence-corrected chi connectivity index (χ4v) is 3.68. The molecule has 152 valence electrons.